The van der Waals surface area contributed by atoms with Crippen molar-refractivity contribution in [3.05, 3.63) is 59.3 Å². The Bertz CT molecular complexity index is 977. The van der Waals surface area contributed by atoms with Crippen LogP contribution in [0.25, 0.3) is 22.6 Å². The zero-order chi connectivity index (χ0) is 15.8. The van der Waals surface area contributed by atoms with Crippen molar-refractivity contribution in [2.75, 3.05) is 6.79 Å². The molecule has 0 spiro atoms. The third-order valence-electron chi connectivity index (χ3n) is 4.04. The molecular weight excluding hydrogens is 288 g/mol. The first-order valence-electron chi connectivity index (χ1n) is 7.35. The van der Waals surface area contributed by atoms with Gasteiger partial charge in [0, 0.05) is 22.2 Å². The Labute approximate surface area is 133 Å². The van der Waals surface area contributed by atoms with E-state index >= 15 is 0 Å². The van der Waals surface area contributed by atoms with Crippen LogP contribution in [0.5, 0.6) is 11.5 Å². The van der Waals surface area contributed by atoms with Gasteiger partial charge >= 0.3 is 0 Å². The quantitative estimate of drug-likeness (QED) is 0.719. The second kappa shape index (κ2) is 5.22. The van der Waals surface area contributed by atoms with Crippen molar-refractivity contribution in [2.24, 2.45) is 0 Å². The monoisotopic (exact) mass is 302 g/mol. The summed E-state index contributed by atoms with van der Waals surface area (Å²) in [5.74, 6) is 1.40. The van der Waals surface area contributed by atoms with E-state index in [-0.39, 0.29) is 6.79 Å². The van der Waals surface area contributed by atoms with Crippen LogP contribution in [0.1, 0.15) is 16.8 Å². The molecule has 0 atom stereocenters. The SMILES string of the molecule is Cc1[nH]c2ccccc2c1/C=C(/C#N)c1ccc2c(c1)OCO2. The fourth-order valence-electron chi connectivity index (χ4n) is 2.87. The predicted octanol–water partition coefficient (Wildman–Crippen LogP) is 4.27. The number of hydrogen-bond acceptors (Lipinski definition) is 3. The fraction of sp³-hybridized carbons (Fsp3) is 0.105. The average Bonchev–Trinajstić information content (AvgIpc) is 3.15. The molecule has 1 N–H and O–H groups in total. The number of nitrogens with zero attached hydrogens (tertiary/aromatic N) is 1. The summed E-state index contributed by atoms with van der Waals surface area (Å²) in [6.45, 7) is 2.24. The number of aromatic nitrogens is 1. The molecule has 1 aliphatic rings. The Hall–Kier alpha value is -3.19. The molecule has 3 aromatic rings. The number of benzene rings is 2. The summed E-state index contributed by atoms with van der Waals surface area (Å²) in [6.07, 6.45) is 1.92. The van der Waals surface area contributed by atoms with Crippen LogP contribution >= 0.6 is 0 Å². The van der Waals surface area contributed by atoms with Crippen molar-refractivity contribution in [3.63, 3.8) is 0 Å². The lowest BCUT2D eigenvalue weighted by Crippen LogP contribution is -1.92. The smallest absolute Gasteiger partial charge is 0.231 e. The average molecular weight is 302 g/mol. The molecule has 4 nitrogen and oxygen atoms in total. The van der Waals surface area contributed by atoms with E-state index in [1.54, 1.807) is 0 Å². The molecule has 0 saturated carbocycles. The van der Waals surface area contributed by atoms with E-state index < -0.39 is 0 Å². The largest absolute Gasteiger partial charge is 0.454 e. The molecule has 112 valence electrons. The van der Waals surface area contributed by atoms with Gasteiger partial charge in [-0.2, -0.15) is 5.26 Å². The highest BCUT2D eigenvalue weighted by Crippen LogP contribution is 2.35. The fourth-order valence-corrected chi connectivity index (χ4v) is 2.87. The van der Waals surface area contributed by atoms with E-state index in [9.17, 15) is 5.26 Å². The van der Waals surface area contributed by atoms with Gasteiger partial charge in [0.05, 0.1) is 11.6 Å². The van der Waals surface area contributed by atoms with Crippen LogP contribution in [-0.2, 0) is 0 Å². The van der Waals surface area contributed by atoms with Crippen LogP contribution in [0.3, 0.4) is 0 Å². The van der Waals surface area contributed by atoms with E-state index in [0.717, 1.165) is 27.7 Å². The van der Waals surface area contributed by atoms with Gasteiger partial charge < -0.3 is 14.5 Å². The molecule has 0 fully saturated rings. The number of nitriles is 1. The van der Waals surface area contributed by atoms with Gasteiger partial charge in [-0.3, -0.25) is 0 Å². The van der Waals surface area contributed by atoms with Crippen molar-refractivity contribution in [2.45, 2.75) is 6.92 Å². The highest BCUT2D eigenvalue weighted by atomic mass is 16.7. The minimum atomic E-state index is 0.228. The van der Waals surface area contributed by atoms with E-state index in [1.165, 1.54) is 0 Å². The van der Waals surface area contributed by atoms with Crippen molar-refractivity contribution in [3.8, 4) is 17.6 Å². The summed E-state index contributed by atoms with van der Waals surface area (Å²) in [6, 6.07) is 15.9. The lowest BCUT2D eigenvalue weighted by Gasteiger charge is -2.02. The van der Waals surface area contributed by atoms with E-state index in [0.29, 0.717) is 17.1 Å². The molecule has 2 heterocycles. The summed E-state index contributed by atoms with van der Waals surface area (Å²) in [7, 11) is 0. The molecule has 1 aromatic heterocycles. The number of nitrogens with one attached hydrogen (secondary N) is 1. The number of hydrogen-bond donors (Lipinski definition) is 1. The second-order valence-electron chi connectivity index (χ2n) is 5.45. The third-order valence-corrected chi connectivity index (χ3v) is 4.04. The number of aromatic amines is 1. The van der Waals surface area contributed by atoms with Gasteiger partial charge in [0.25, 0.3) is 0 Å². The maximum absolute atomic E-state index is 9.59. The molecule has 4 heteroatoms. The van der Waals surface area contributed by atoms with Gasteiger partial charge in [-0.05, 0) is 42.8 Å². The normalized spacial score (nSPS) is 13.3. The first-order valence-corrected chi connectivity index (χ1v) is 7.35. The van der Waals surface area contributed by atoms with Gasteiger partial charge in [0.2, 0.25) is 6.79 Å². The van der Waals surface area contributed by atoms with Crippen molar-refractivity contribution < 1.29 is 9.47 Å². The number of fused-ring (bicyclic) bond motifs is 2. The van der Waals surface area contributed by atoms with Crippen LogP contribution in [0, 0.1) is 18.3 Å². The molecule has 0 aliphatic carbocycles. The lowest BCUT2D eigenvalue weighted by atomic mass is 10.0. The molecule has 1 aliphatic heterocycles. The number of ether oxygens (including phenoxy) is 2. The number of aryl methyl sites for hydroxylation is 1. The van der Waals surface area contributed by atoms with Crippen molar-refractivity contribution >= 4 is 22.6 Å². The first kappa shape index (κ1) is 13.5. The predicted molar refractivity (Wildman–Crippen MR) is 89.1 cm³/mol. The number of H-pyrrole nitrogens is 1. The zero-order valence-corrected chi connectivity index (χ0v) is 12.6. The number of para-hydroxylation sites is 1. The highest BCUT2D eigenvalue weighted by molar-refractivity contribution is 5.99. The minimum absolute atomic E-state index is 0.228. The van der Waals surface area contributed by atoms with Gasteiger partial charge in [-0.1, -0.05) is 18.2 Å². The molecule has 4 rings (SSSR count). The van der Waals surface area contributed by atoms with E-state index in [2.05, 4.69) is 17.1 Å². The number of allylic oxidation sites excluding steroid dienone is 1. The lowest BCUT2D eigenvalue weighted by molar-refractivity contribution is 0.174. The summed E-state index contributed by atoms with van der Waals surface area (Å²) in [5.41, 5.74) is 4.56. The second-order valence-corrected chi connectivity index (χ2v) is 5.45. The summed E-state index contributed by atoms with van der Waals surface area (Å²) in [5, 5.41) is 10.7. The maximum atomic E-state index is 9.59. The van der Waals surface area contributed by atoms with Crippen LogP contribution in [0.4, 0.5) is 0 Å². The molecule has 2 aromatic carbocycles. The number of rotatable bonds is 2. The third kappa shape index (κ3) is 2.23. The molecule has 0 unspecified atom stereocenters. The molecule has 23 heavy (non-hydrogen) atoms. The highest BCUT2D eigenvalue weighted by Gasteiger charge is 2.15. The summed E-state index contributed by atoms with van der Waals surface area (Å²) < 4.78 is 10.7. The zero-order valence-electron chi connectivity index (χ0n) is 12.6. The summed E-state index contributed by atoms with van der Waals surface area (Å²) >= 11 is 0. The molecule has 0 amide bonds. The van der Waals surface area contributed by atoms with Gasteiger partial charge in [0.1, 0.15) is 0 Å². The molecule has 0 bridgehead atoms. The van der Waals surface area contributed by atoms with Gasteiger partial charge in [-0.15, -0.1) is 0 Å². The Morgan fingerprint density at radius 3 is 2.87 bits per heavy atom. The molecule has 0 radical (unpaired) electrons. The van der Waals surface area contributed by atoms with E-state index in [1.807, 2.05) is 49.4 Å². The van der Waals surface area contributed by atoms with Crippen LogP contribution in [-0.4, -0.2) is 11.8 Å². The van der Waals surface area contributed by atoms with Gasteiger partial charge in [0.15, 0.2) is 11.5 Å². The van der Waals surface area contributed by atoms with Crippen molar-refractivity contribution in [1.82, 2.24) is 4.98 Å². The first-order chi connectivity index (χ1) is 11.3. The standard InChI is InChI=1S/C19H14N2O2/c1-12-16(15-4-2-3-5-17(15)21-12)8-14(10-20)13-6-7-18-19(9-13)23-11-22-18/h2-9,21H,11H2,1H3/b14-8-. The van der Waals surface area contributed by atoms with E-state index in [4.69, 9.17) is 9.47 Å². The Morgan fingerprint density at radius 2 is 2.00 bits per heavy atom. The molecule has 0 saturated heterocycles. The van der Waals surface area contributed by atoms with Crippen LogP contribution in [0.15, 0.2) is 42.5 Å². The minimum Gasteiger partial charge on any atom is -0.454 e. The Balaban J connectivity index is 1.84. The Kier molecular flexibility index (Phi) is 3.06. The molecular formula is C19H14N2O2. The van der Waals surface area contributed by atoms with Crippen LogP contribution < -0.4 is 9.47 Å². The Morgan fingerprint density at radius 1 is 1.17 bits per heavy atom. The summed E-state index contributed by atoms with van der Waals surface area (Å²) in [4.78, 5) is 3.35. The van der Waals surface area contributed by atoms with Crippen LogP contribution in [0.2, 0.25) is 0 Å². The van der Waals surface area contributed by atoms with Gasteiger partial charge in [-0.25, -0.2) is 0 Å². The topological polar surface area (TPSA) is 58.0 Å². The van der Waals surface area contributed by atoms with Crippen molar-refractivity contribution in [1.29, 1.82) is 5.26 Å². The maximum Gasteiger partial charge on any atom is 0.231 e.